The largest absolute Gasteiger partial charge is 0.497 e. The number of hydrogen-bond acceptors (Lipinski definition) is 7. The fourth-order valence-corrected chi connectivity index (χ4v) is 3.15. The summed E-state index contributed by atoms with van der Waals surface area (Å²) in [5.74, 6) is -0.778. The van der Waals surface area contributed by atoms with Gasteiger partial charge in [-0.25, -0.2) is 14.2 Å². The van der Waals surface area contributed by atoms with E-state index in [2.05, 4.69) is 10.3 Å². The molecule has 0 spiro atoms. The molecule has 0 fully saturated rings. The number of nitrogens with zero attached hydrogens (tertiary/aromatic N) is 1. The first-order chi connectivity index (χ1) is 14.0. The number of esters is 1. The standard InChI is InChI=1S/C20H17FN2O5S/c1-26-14-7-8-15(17(9-14)27-2)19(25)28-10-18(24)23-20-22-16(11-29-20)12-3-5-13(21)6-4-12/h3-9,11H,10H2,1-2H3,(H,22,23,24). The Morgan fingerprint density at radius 1 is 1.10 bits per heavy atom. The number of methoxy groups -OCH3 is 2. The van der Waals surface area contributed by atoms with Gasteiger partial charge in [-0.1, -0.05) is 0 Å². The van der Waals surface area contributed by atoms with Crippen molar-refractivity contribution in [3.63, 3.8) is 0 Å². The number of carbonyl (C=O) groups excluding carboxylic acids is 2. The maximum atomic E-state index is 13.0. The summed E-state index contributed by atoms with van der Waals surface area (Å²) < 4.78 is 28.3. The molecule has 0 bridgehead atoms. The summed E-state index contributed by atoms with van der Waals surface area (Å²) in [4.78, 5) is 28.6. The molecule has 0 radical (unpaired) electrons. The second kappa shape index (κ2) is 9.16. The monoisotopic (exact) mass is 416 g/mol. The van der Waals surface area contributed by atoms with Crippen LogP contribution in [-0.2, 0) is 9.53 Å². The van der Waals surface area contributed by atoms with Gasteiger partial charge in [-0.2, -0.15) is 0 Å². The van der Waals surface area contributed by atoms with Gasteiger partial charge in [0.1, 0.15) is 22.9 Å². The highest BCUT2D eigenvalue weighted by Gasteiger charge is 2.17. The van der Waals surface area contributed by atoms with Crippen molar-refractivity contribution in [1.82, 2.24) is 4.98 Å². The van der Waals surface area contributed by atoms with Gasteiger partial charge in [0.15, 0.2) is 11.7 Å². The zero-order valence-electron chi connectivity index (χ0n) is 15.6. The van der Waals surface area contributed by atoms with Crippen LogP contribution < -0.4 is 14.8 Å². The van der Waals surface area contributed by atoms with Crippen molar-refractivity contribution >= 4 is 28.3 Å². The Kier molecular flexibility index (Phi) is 6.40. The molecule has 1 amide bonds. The molecule has 0 saturated heterocycles. The van der Waals surface area contributed by atoms with Gasteiger partial charge in [0, 0.05) is 17.0 Å². The minimum absolute atomic E-state index is 0.175. The normalized spacial score (nSPS) is 10.3. The highest BCUT2D eigenvalue weighted by Crippen LogP contribution is 2.26. The van der Waals surface area contributed by atoms with E-state index >= 15 is 0 Å². The van der Waals surface area contributed by atoms with E-state index in [0.29, 0.717) is 16.6 Å². The first-order valence-corrected chi connectivity index (χ1v) is 9.28. The van der Waals surface area contributed by atoms with Crippen LogP contribution >= 0.6 is 11.3 Å². The lowest BCUT2D eigenvalue weighted by Crippen LogP contribution is -2.21. The molecule has 0 atom stereocenters. The Morgan fingerprint density at radius 2 is 1.86 bits per heavy atom. The predicted octanol–water partition coefficient (Wildman–Crippen LogP) is 3.76. The summed E-state index contributed by atoms with van der Waals surface area (Å²) in [7, 11) is 2.91. The topological polar surface area (TPSA) is 86.8 Å². The van der Waals surface area contributed by atoms with Gasteiger partial charge in [-0.3, -0.25) is 10.1 Å². The third kappa shape index (κ3) is 5.08. The van der Waals surface area contributed by atoms with Crippen molar-refractivity contribution in [2.45, 2.75) is 0 Å². The van der Waals surface area contributed by atoms with E-state index in [-0.39, 0.29) is 17.1 Å². The summed E-state index contributed by atoms with van der Waals surface area (Å²) in [5.41, 5.74) is 1.50. The number of rotatable bonds is 7. The third-order valence-corrected chi connectivity index (χ3v) is 4.61. The summed E-state index contributed by atoms with van der Waals surface area (Å²) in [6.45, 7) is -0.487. The number of carbonyl (C=O) groups is 2. The van der Waals surface area contributed by atoms with E-state index in [1.165, 1.54) is 43.8 Å². The molecule has 3 aromatic rings. The van der Waals surface area contributed by atoms with Gasteiger partial charge in [0.25, 0.3) is 5.91 Å². The highest BCUT2D eigenvalue weighted by atomic mass is 32.1. The first-order valence-electron chi connectivity index (χ1n) is 8.40. The minimum Gasteiger partial charge on any atom is -0.497 e. The molecule has 150 valence electrons. The molecule has 29 heavy (non-hydrogen) atoms. The molecule has 0 aliphatic heterocycles. The summed E-state index contributed by atoms with van der Waals surface area (Å²) in [6, 6.07) is 10.5. The first kappa shape index (κ1) is 20.3. The molecule has 1 aromatic heterocycles. The van der Waals surface area contributed by atoms with Crippen molar-refractivity contribution in [2.24, 2.45) is 0 Å². The smallest absolute Gasteiger partial charge is 0.342 e. The fourth-order valence-electron chi connectivity index (χ4n) is 2.42. The predicted molar refractivity (Wildman–Crippen MR) is 106 cm³/mol. The molecule has 0 unspecified atom stereocenters. The van der Waals surface area contributed by atoms with Gasteiger partial charge < -0.3 is 14.2 Å². The van der Waals surface area contributed by atoms with Crippen LogP contribution in [0.15, 0.2) is 47.8 Å². The molecular formula is C20H17FN2O5S. The number of halogens is 1. The van der Waals surface area contributed by atoms with Crippen molar-refractivity contribution in [2.75, 3.05) is 26.1 Å². The molecule has 0 saturated carbocycles. The van der Waals surface area contributed by atoms with E-state index in [1.807, 2.05) is 0 Å². The van der Waals surface area contributed by atoms with Crippen molar-refractivity contribution in [3.8, 4) is 22.8 Å². The second-order valence-electron chi connectivity index (χ2n) is 5.74. The number of thiazole rings is 1. The Balaban J connectivity index is 1.58. The van der Waals surface area contributed by atoms with Crippen LogP contribution in [0.3, 0.4) is 0 Å². The molecule has 2 aromatic carbocycles. The number of ether oxygens (including phenoxy) is 3. The number of benzene rings is 2. The average Bonchev–Trinajstić information content (AvgIpc) is 3.20. The van der Waals surface area contributed by atoms with Gasteiger partial charge in [-0.05, 0) is 36.4 Å². The van der Waals surface area contributed by atoms with E-state index in [1.54, 1.807) is 29.6 Å². The van der Waals surface area contributed by atoms with Crippen LogP contribution in [0.4, 0.5) is 9.52 Å². The number of nitrogens with one attached hydrogen (secondary N) is 1. The van der Waals surface area contributed by atoms with Gasteiger partial charge in [-0.15, -0.1) is 11.3 Å². The molecule has 9 heteroatoms. The quantitative estimate of drug-likeness (QED) is 0.590. The van der Waals surface area contributed by atoms with Crippen molar-refractivity contribution in [3.05, 3.63) is 59.2 Å². The summed E-state index contributed by atoms with van der Waals surface area (Å²) in [5, 5.41) is 4.64. The van der Waals surface area contributed by atoms with E-state index in [4.69, 9.17) is 14.2 Å². The lowest BCUT2D eigenvalue weighted by molar-refractivity contribution is -0.119. The van der Waals surface area contributed by atoms with Crippen LogP contribution in [0.2, 0.25) is 0 Å². The van der Waals surface area contributed by atoms with Crippen LogP contribution in [0.25, 0.3) is 11.3 Å². The maximum absolute atomic E-state index is 13.0. The third-order valence-electron chi connectivity index (χ3n) is 3.85. The summed E-state index contributed by atoms with van der Waals surface area (Å²) in [6.07, 6.45) is 0. The molecule has 0 aliphatic carbocycles. The van der Waals surface area contributed by atoms with Crippen LogP contribution in [0, 0.1) is 5.82 Å². The number of hydrogen-bond donors (Lipinski definition) is 1. The lowest BCUT2D eigenvalue weighted by Gasteiger charge is -2.10. The molecule has 7 nitrogen and oxygen atoms in total. The average molecular weight is 416 g/mol. The SMILES string of the molecule is COc1ccc(C(=O)OCC(=O)Nc2nc(-c3ccc(F)cc3)cs2)c(OC)c1. The lowest BCUT2D eigenvalue weighted by atomic mass is 10.2. The zero-order valence-corrected chi connectivity index (χ0v) is 16.4. The molecule has 1 N–H and O–H groups in total. The molecule has 1 heterocycles. The fraction of sp³-hybridized carbons (Fsp3) is 0.150. The van der Waals surface area contributed by atoms with Gasteiger partial charge in [0.05, 0.1) is 19.9 Å². The molecular weight excluding hydrogens is 399 g/mol. The highest BCUT2D eigenvalue weighted by molar-refractivity contribution is 7.14. The molecule has 0 aliphatic rings. The Hall–Kier alpha value is -3.46. The number of aromatic nitrogens is 1. The van der Waals surface area contributed by atoms with Crippen LogP contribution in [-0.4, -0.2) is 37.7 Å². The minimum atomic E-state index is -0.703. The Bertz CT molecular complexity index is 1020. The van der Waals surface area contributed by atoms with Crippen LogP contribution in [0.5, 0.6) is 11.5 Å². The van der Waals surface area contributed by atoms with E-state index in [0.717, 1.165) is 5.56 Å². The van der Waals surface area contributed by atoms with E-state index in [9.17, 15) is 14.0 Å². The summed E-state index contributed by atoms with van der Waals surface area (Å²) >= 11 is 1.21. The zero-order chi connectivity index (χ0) is 20.8. The van der Waals surface area contributed by atoms with E-state index < -0.39 is 18.5 Å². The number of amides is 1. The van der Waals surface area contributed by atoms with Crippen LogP contribution in [0.1, 0.15) is 10.4 Å². The van der Waals surface area contributed by atoms with Crippen molar-refractivity contribution in [1.29, 1.82) is 0 Å². The van der Waals surface area contributed by atoms with Crippen molar-refractivity contribution < 1.29 is 28.2 Å². The van der Waals surface area contributed by atoms with Gasteiger partial charge >= 0.3 is 5.97 Å². The molecule has 3 rings (SSSR count). The van der Waals surface area contributed by atoms with Gasteiger partial charge in [0.2, 0.25) is 0 Å². The Labute approximate surface area is 170 Å². The second-order valence-corrected chi connectivity index (χ2v) is 6.59. The Morgan fingerprint density at radius 3 is 2.55 bits per heavy atom. The number of anilines is 1. The maximum Gasteiger partial charge on any atom is 0.342 e.